The van der Waals surface area contributed by atoms with E-state index < -0.39 is 6.04 Å². The van der Waals surface area contributed by atoms with E-state index >= 15 is 0 Å². The number of hydrogen-bond acceptors (Lipinski definition) is 4. The van der Waals surface area contributed by atoms with Gasteiger partial charge in [0, 0.05) is 11.6 Å². The molecule has 32 heavy (non-hydrogen) atoms. The highest BCUT2D eigenvalue weighted by atomic mass is 35.5. The first-order valence-electron chi connectivity index (χ1n) is 10.3. The van der Waals surface area contributed by atoms with Crippen LogP contribution in [0.1, 0.15) is 33.3 Å². The zero-order chi connectivity index (χ0) is 22.2. The summed E-state index contributed by atoms with van der Waals surface area (Å²) in [5, 5.41) is 1.06. The Balaban J connectivity index is 1.58. The number of ether oxygens (including phenoxy) is 1. The summed E-state index contributed by atoms with van der Waals surface area (Å²) >= 11 is 6.09. The van der Waals surface area contributed by atoms with Crippen LogP contribution >= 0.6 is 11.6 Å². The lowest BCUT2D eigenvalue weighted by Crippen LogP contribution is -2.31. The Morgan fingerprint density at radius 2 is 1.69 bits per heavy atom. The van der Waals surface area contributed by atoms with Crippen molar-refractivity contribution in [3.63, 3.8) is 0 Å². The van der Waals surface area contributed by atoms with Gasteiger partial charge in [0.05, 0.1) is 24.1 Å². The minimum absolute atomic E-state index is 0.114. The van der Waals surface area contributed by atoms with Gasteiger partial charge in [-0.1, -0.05) is 48.0 Å². The highest BCUT2D eigenvalue weighted by Crippen LogP contribution is 2.38. The van der Waals surface area contributed by atoms with Crippen molar-refractivity contribution in [3.05, 3.63) is 110 Å². The predicted octanol–water partition coefficient (Wildman–Crippen LogP) is 5.24. The van der Waals surface area contributed by atoms with Crippen LogP contribution in [0.5, 0.6) is 5.75 Å². The van der Waals surface area contributed by atoms with Gasteiger partial charge in [0.2, 0.25) is 5.76 Å². The van der Waals surface area contributed by atoms with Crippen LogP contribution in [0.15, 0.2) is 82.0 Å². The van der Waals surface area contributed by atoms with Crippen LogP contribution in [0.2, 0.25) is 5.02 Å². The number of hydrogen-bond donors (Lipinski definition) is 0. The van der Waals surface area contributed by atoms with Crippen LogP contribution in [0.25, 0.3) is 11.0 Å². The molecule has 0 radical (unpaired) electrons. The number of carbonyl (C=O) groups excluding carboxylic acids is 1. The highest BCUT2D eigenvalue weighted by molar-refractivity contribution is 6.30. The van der Waals surface area contributed by atoms with E-state index in [9.17, 15) is 9.59 Å². The predicted molar refractivity (Wildman–Crippen MR) is 124 cm³/mol. The van der Waals surface area contributed by atoms with Crippen LogP contribution < -0.4 is 10.2 Å². The third-order valence-electron chi connectivity index (χ3n) is 5.86. The molecule has 1 atom stereocenters. The third-order valence-corrected chi connectivity index (χ3v) is 6.11. The van der Waals surface area contributed by atoms with E-state index in [1.165, 1.54) is 0 Å². The lowest BCUT2D eigenvalue weighted by molar-refractivity contribution is 0.0730. The van der Waals surface area contributed by atoms with E-state index in [-0.39, 0.29) is 17.1 Å². The normalized spacial score (nSPS) is 15.2. The van der Waals surface area contributed by atoms with Gasteiger partial charge in [-0.25, -0.2) is 0 Å². The van der Waals surface area contributed by atoms with Crippen molar-refractivity contribution in [1.29, 1.82) is 0 Å². The van der Waals surface area contributed by atoms with Crippen molar-refractivity contribution >= 4 is 28.5 Å². The molecule has 6 heteroatoms. The van der Waals surface area contributed by atoms with Gasteiger partial charge in [0.25, 0.3) is 5.91 Å². The molecule has 2 heterocycles. The number of methoxy groups -OCH3 is 1. The van der Waals surface area contributed by atoms with Crippen LogP contribution in [-0.4, -0.2) is 24.5 Å². The number of halogens is 1. The van der Waals surface area contributed by atoms with E-state index in [1.54, 1.807) is 48.4 Å². The third kappa shape index (κ3) is 3.45. The first-order chi connectivity index (χ1) is 15.6. The molecule has 1 aliphatic rings. The molecule has 0 fully saturated rings. The minimum Gasteiger partial charge on any atom is -0.497 e. The SMILES string of the molecule is COc1ccc(CCN2C(=O)c3oc4ccccc4c(=O)c3[C@@H]2c2ccc(Cl)cc2)cc1. The van der Waals surface area contributed by atoms with Crippen molar-refractivity contribution in [2.24, 2.45) is 0 Å². The standard InChI is InChI=1S/C26H20ClNO4/c1-31-19-12-6-16(7-13-19)14-15-28-23(17-8-10-18(27)11-9-17)22-24(29)20-4-2-3-5-21(20)32-25(22)26(28)30/h2-13,23H,14-15H2,1H3/t23-/m0/s1. The molecule has 160 valence electrons. The molecule has 0 N–H and O–H groups in total. The van der Waals surface area contributed by atoms with Gasteiger partial charge in [0.15, 0.2) is 5.43 Å². The Bertz CT molecular complexity index is 1360. The number of para-hydroxylation sites is 1. The van der Waals surface area contributed by atoms with Gasteiger partial charge in [-0.15, -0.1) is 0 Å². The molecule has 0 saturated heterocycles. The average molecular weight is 446 g/mol. The molecule has 0 unspecified atom stereocenters. The number of carbonyl (C=O) groups is 1. The summed E-state index contributed by atoms with van der Waals surface area (Å²) in [6, 6.07) is 21.5. The number of benzene rings is 3. The van der Waals surface area contributed by atoms with E-state index in [1.807, 2.05) is 36.4 Å². The fourth-order valence-corrected chi connectivity index (χ4v) is 4.36. The van der Waals surface area contributed by atoms with E-state index in [4.69, 9.17) is 20.8 Å². The molecule has 0 aliphatic carbocycles. The molecular formula is C26H20ClNO4. The largest absolute Gasteiger partial charge is 0.497 e. The van der Waals surface area contributed by atoms with Crippen molar-refractivity contribution in [3.8, 4) is 5.75 Å². The Morgan fingerprint density at radius 3 is 2.41 bits per heavy atom. The number of fused-ring (bicyclic) bond motifs is 2. The molecule has 5 nitrogen and oxygen atoms in total. The van der Waals surface area contributed by atoms with Crippen LogP contribution in [0, 0.1) is 0 Å². The fraction of sp³-hybridized carbons (Fsp3) is 0.154. The van der Waals surface area contributed by atoms with Gasteiger partial charge < -0.3 is 14.1 Å². The smallest absolute Gasteiger partial charge is 0.290 e. The van der Waals surface area contributed by atoms with Gasteiger partial charge >= 0.3 is 0 Å². The van der Waals surface area contributed by atoms with Gasteiger partial charge in [-0.3, -0.25) is 9.59 Å². The second kappa shape index (κ2) is 8.17. The van der Waals surface area contributed by atoms with Gasteiger partial charge in [-0.2, -0.15) is 0 Å². The molecule has 4 aromatic rings. The first kappa shape index (κ1) is 20.3. The van der Waals surface area contributed by atoms with Gasteiger partial charge in [-0.05, 0) is 53.9 Å². The lowest BCUT2D eigenvalue weighted by atomic mass is 9.98. The van der Waals surface area contributed by atoms with Crippen molar-refractivity contribution in [1.82, 2.24) is 4.90 Å². The van der Waals surface area contributed by atoms with Crippen molar-refractivity contribution in [2.45, 2.75) is 12.5 Å². The zero-order valence-corrected chi connectivity index (χ0v) is 18.1. The molecule has 1 aromatic heterocycles. The van der Waals surface area contributed by atoms with Crippen LogP contribution in [0.4, 0.5) is 0 Å². The molecule has 1 amide bonds. The molecule has 1 aliphatic heterocycles. The molecular weight excluding hydrogens is 426 g/mol. The molecule has 3 aromatic carbocycles. The second-order valence-electron chi connectivity index (χ2n) is 7.72. The minimum atomic E-state index is -0.533. The Labute approximate surface area is 189 Å². The van der Waals surface area contributed by atoms with E-state index in [0.717, 1.165) is 16.9 Å². The summed E-state index contributed by atoms with van der Waals surface area (Å²) in [5.41, 5.74) is 2.50. The van der Waals surface area contributed by atoms with Crippen molar-refractivity contribution < 1.29 is 13.9 Å². The summed E-state index contributed by atoms with van der Waals surface area (Å²) < 4.78 is 11.2. The lowest BCUT2D eigenvalue weighted by Gasteiger charge is -2.25. The second-order valence-corrected chi connectivity index (χ2v) is 8.16. The Morgan fingerprint density at radius 1 is 0.969 bits per heavy atom. The van der Waals surface area contributed by atoms with Crippen molar-refractivity contribution in [2.75, 3.05) is 13.7 Å². The monoisotopic (exact) mass is 445 g/mol. The Hall–Kier alpha value is -3.57. The summed E-state index contributed by atoms with van der Waals surface area (Å²) in [6.45, 7) is 0.429. The van der Waals surface area contributed by atoms with E-state index in [0.29, 0.717) is 34.5 Å². The summed E-state index contributed by atoms with van der Waals surface area (Å²) in [6.07, 6.45) is 0.627. The maximum atomic E-state index is 13.4. The first-order valence-corrected chi connectivity index (χ1v) is 10.7. The molecule has 5 rings (SSSR count). The fourth-order valence-electron chi connectivity index (χ4n) is 4.23. The maximum absolute atomic E-state index is 13.4. The molecule has 0 bridgehead atoms. The molecule has 0 saturated carbocycles. The summed E-state index contributed by atoms with van der Waals surface area (Å²) in [7, 11) is 1.62. The van der Waals surface area contributed by atoms with E-state index in [2.05, 4.69) is 0 Å². The topological polar surface area (TPSA) is 59.8 Å². The maximum Gasteiger partial charge on any atom is 0.290 e. The highest BCUT2D eigenvalue weighted by Gasteiger charge is 2.42. The quantitative estimate of drug-likeness (QED) is 0.421. The molecule has 0 spiro atoms. The van der Waals surface area contributed by atoms with Crippen LogP contribution in [0.3, 0.4) is 0 Å². The zero-order valence-electron chi connectivity index (χ0n) is 17.4. The van der Waals surface area contributed by atoms with Crippen LogP contribution in [-0.2, 0) is 6.42 Å². The Kier molecular flexibility index (Phi) is 5.19. The average Bonchev–Trinajstić information content (AvgIpc) is 3.10. The number of amides is 1. The number of rotatable bonds is 5. The summed E-state index contributed by atoms with van der Waals surface area (Å²) in [4.78, 5) is 28.6. The summed E-state index contributed by atoms with van der Waals surface area (Å²) in [5.74, 6) is 0.610. The van der Waals surface area contributed by atoms with Gasteiger partial charge in [0.1, 0.15) is 11.3 Å². The number of nitrogens with zero attached hydrogens (tertiary/aromatic N) is 1.